The highest BCUT2D eigenvalue weighted by atomic mass is 15.3. The molecule has 2 unspecified atom stereocenters. The van der Waals surface area contributed by atoms with Gasteiger partial charge in [0, 0.05) is 11.1 Å². The average Bonchev–Trinajstić information content (AvgIpc) is 2.92. The Kier molecular flexibility index (Phi) is 2.37. The Morgan fingerprint density at radius 1 is 1.05 bits per heavy atom. The number of hydrogen-bond donors (Lipinski definition) is 0. The van der Waals surface area contributed by atoms with E-state index in [-0.39, 0.29) is 0 Å². The van der Waals surface area contributed by atoms with Crippen LogP contribution in [0.5, 0.6) is 0 Å². The number of aromatic nitrogens is 2. The molecule has 1 saturated carbocycles. The Morgan fingerprint density at radius 2 is 1.86 bits per heavy atom. The van der Waals surface area contributed by atoms with E-state index in [1.807, 2.05) is 0 Å². The topological polar surface area (TPSA) is 17.8 Å². The summed E-state index contributed by atoms with van der Waals surface area (Å²) in [5.74, 6) is 0. The zero-order chi connectivity index (χ0) is 14.9. The molecule has 1 fully saturated rings. The summed E-state index contributed by atoms with van der Waals surface area (Å²) in [5, 5.41) is 5.06. The summed E-state index contributed by atoms with van der Waals surface area (Å²) in [6.45, 7) is 4.95. The maximum atomic E-state index is 5.06. The standard InChI is InChI=1S/C20H24N2/c1-19-12-11-17-14-7-3-5-9-16(14)21-22(17)18-10-6-4-8-15(18)20(19,2)13-19/h4,6,8,10H,3,5,7,9,11-13H2,1-2H3. The molecule has 1 aromatic heterocycles. The minimum Gasteiger partial charge on any atom is -0.237 e. The molecule has 0 N–H and O–H groups in total. The Morgan fingerprint density at radius 3 is 2.77 bits per heavy atom. The Bertz CT molecular complexity index is 772. The van der Waals surface area contributed by atoms with Gasteiger partial charge in [0.25, 0.3) is 0 Å². The van der Waals surface area contributed by atoms with Crippen LogP contribution in [0.2, 0.25) is 0 Å². The van der Waals surface area contributed by atoms with Crippen molar-refractivity contribution in [1.82, 2.24) is 9.78 Å². The van der Waals surface area contributed by atoms with Gasteiger partial charge in [-0.25, -0.2) is 4.68 Å². The summed E-state index contributed by atoms with van der Waals surface area (Å²) < 4.78 is 2.31. The Balaban J connectivity index is 1.78. The van der Waals surface area contributed by atoms with Gasteiger partial charge in [-0.1, -0.05) is 32.0 Å². The monoisotopic (exact) mass is 292 g/mol. The van der Waals surface area contributed by atoms with Crippen LogP contribution in [0.25, 0.3) is 5.69 Å². The second-order valence-corrected chi connectivity index (χ2v) is 8.08. The molecule has 2 atom stereocenters. The Labute approximate surface area is 132 Å². The summed E-state index contributed by atoms with van der Waals surface area (Å²) in [7, 11) is 0. The van der Waals surface area contributed by atoms with Crippen LogP contribution in [-0.4, -0.2) is 9.78 Å². The molecule has 0 saturated heterocycles. The van der Waals surface area contributed by atoms with Crippen LogP contribution in [0.4, 0.5) is 0 Å². The number of fused-ring (bicyclic) bond motifs is 7. The maximum Gasteiger partial charge on any atom is 0.0686 e. The molecule has 1 aliphatic heterocycles. The Hall–Kier alpha value is -1.57. The van der Waals surface area contributed by atoms with E-state index in [4.69, 9.17) is 5.10 Å². The van der Waals surface area contributed by atoms with Crippen molar-refractivity contribution in [2.24, 2.45) is 5.41 Å². The molecule has 1 aromatic carbocycles. The van der Waals surface area contributed by atoms with Gasteiger partial charge in [0.1, 0.15) is 0 Å². The maximum absolute atomic E-state index is 5.06. The molecule has 0 radical (unpaired) electrons. The third-order valence-electron chi connectivity index (χ3n) is 6.85. The fourth-order valence-corrected chi connectivity index (χ4v) is 5.12. The molecule has 0 spiro atoms. The van der Waals surface area contributed by atoms with E-state index in [1.54, 1.807) is 5.56 Å². The van der Waals surface area contributed by atoms with Crippen LogP contribution in [-0.2, 0) is 24.7 Å². The molecule has 114 valence electrons. The van der Waals surface area contributed by atoms with Crippen molar-refractivity contribution in [3.05, 3.63) is 46.8 Å². The van der Waals surface area contributed by atoms with E-state index in [1.165, 1.54) is 67.6 Å². The van der Waals surface area contributed by atoms with Gasteiger partial charge in [-0.05, 0) is 67.6 Å². The molecule has 2 nitrogen and oxygen atoms in total. The molecular formula is C20H24N2. The van der Waals surface area contributed by atoms with E-state index in [0.29, 0.717) is 10.8 Å². The van der Waals surface area contributed by atoms with Gasteiger partial charge >= 0.3 is 0 Å². The van der Waals surface area contributed by atoms with Crippen molar-refractivity contribution in [2.75, 3.05) is 0 Å². The lowest BCUT2D eigenvalue weighted by Gasteiger charge is -2.26. The van der Waals surface area contributed by atoms with E-state index in [9.17, 15) is 0 Å². The van der Waals surface area contributed by atoms with E-state index >= 15 is 0 Å². The number of benzene rings is 1. The van der Waals surface area contributed by atoms with Crippen LogP contribution >= 0.6 is 0 Å². The summed E-state index contributed by atoms with van der Waals surface area (Å²) in [6, 6.07) is 9.00. The average molecular weight is 292 g/mol. The lowest BCUT2D eigenvalue weighted by molar-refractivity contribution is 0.426. The largest absolute Gasteiger partial charge is 0.237 e. The van der Waals surface area contributed by atoms with Crippen molar-refractivity contribution in [2.45, 2.75) is 64.2 Å². The normalized spacial score (nSPS) is 32.1. The van der Waals surface area contributed by atoms with Crippen molar-refractivity contribution in [1.29, 1.82) is 0 Å². The second-order valence-electron chi connectivity index (χ2n) is 8.08. The third-order valence-corrected chi connectivity index (χ3v) is 6.85. The fraction of sp³-hybridized carbons (Fsp3) is 0.550. The zero-order valence-corrected chi connectivity index (χ0v) is 13.7. The first-order valence-electron chi connectivity index (χ1n) is 8.82. The molecule has 2 aromatic rings. The van der Waals surface area contributed by atoms with Gasteiger partial charge in [-0.2, -0.15) is 5.10 Å². The second kappa shape index (κ2) is 4.04. The molecular weight excluding hydrogens is 268 g/mol. The first kappa shape index (κ1) is 12.9. The minimum atomic E-state index is 0.341. The van der Waals surface area contributed by atoms with E-state index in [0.717, 1.165) is 0 Å². The van der Waals surface area contributed by atoms with Crippen LogP contribution in [0, 0.1) is 5.41 Å². The molecule has 2 aliphatic carbocycles. The van der Waals surface area contributed by atoms with Gasteiger partial charge < -0.3 is 0 Å². The molecule has 0 bridgehead atoms. The fourth-order valence-electron chi connectivity index (χ4n) is 5.12. The van der Waals surface area contributed by atoms with Gasteiger partial charge in [-0.15, -0.1) is 0 Å². The van der Waals surface area contributed by atoms with Crippen molar-refractivity contribution in [3.8, 4) is 5.69 Å². The van der Waals surface area contributed by atoms with Crippen LogP contribution < -0.4 is 0 Å². The van der Waals surface area contributed by atoms with Crippen LogP contribution in [0.3, 0.4) is 0 Å². The SMILES string of the molecule is CC12CCc3c4c(nn3-c3ccccc3C1(C)C2)CCCC4. The molecule has 0 amide bonds. The van der Waals surface area contributed by atoms with Crippen molar-refractivity contribution >= 4 is 0 Å². The molecule has 2 heterocycles. The number of nitrogens with zero attached hydrogens (tertiary/aromatic N) is 2. The van der Waals surface area contributed by atoms with E-state index < -0.39 is 0 Å². The highest BCUT2D eigenvalue weighted by Gasteiger charge is 2.62. The lowest BCUT2D eigenvalue weighted by atomic mass is 9.82. The number of para-hydroxylation sites is 1. The summed E-state index contributed by atoms with van der Waals surface area (Å²) in [4.78, 5) is 0. The molecule has 2 heteroatoms. The van der Waals surface area contributed by atoms with Gasteiger partial charge in [0.05, 0.1) is 11.4 Å². The number of hydrogen-bond acceptors (Lipinski definition) is 1. The van der Waals surface area contributed by atoms with Crippen LogP contribution in [0.1, 0.15) is 62.0 Å². The number of rotatable bonds is 0. The van der Waals surface area contributed by atoms with E-state index in [2.05, 4.69) is 42.8 Å². The third kappa shape index (κ3) is 1.48. The predicted molar refractivity (Wildman–Crippen MR) is 88.6 cm³/mol. The van der Waals surface area contributed by atoms with Crippen LogP contribution in [0.15, 0.2) is 24.3 Å². The summed E-state index contributed by atoms with van der Waals surface area (Å²) in [5.41, 5.74) is 8.14. The van der Waals surface area contributed by atoms with Gasteiger partial charge in [0.2, 0.25) is 0 Å². The quantitative estimate of drug-likeness (QED) is 0.705. The summed E-state index contributed by atoms with van der Waals surface area (Å²) >= 11 is 0. The highest BCUT2D eigenvalue weighted by Crippen LogP contribution is 2.68. The molecule has 3 aliphatic rings. The van der Waals surface area contributed by atoms with Gasteiger partial charge in [-0.3, -0.25) is 0 Å². The van der Waals surface area contributed by atoms with Crippen molar-refractivity contribution < 1.29 is 0 Å². The molecule has 5 rings (SSSR count). The smallest absolute Gasteiger partial charge is 0.0686 e. The molecule has 22 heavy (non-hydrogen) atoms. The van der Waals surface area contributed by atoms with Crippen molar-refractivity contribution in [3.63, 3.8) is 0 Å². The first-order chi connectivity index (χ1) is 10.6. The summed E-state index contributed by atoms with van der Waals surface area (Å²) in [6.07, 6.45) is 8.87. The zero-order valence-electron chi connectivity index (χ0n) is 13.7. The predicted octanol–water partition coefficient (Wildman–Crippen LogP) is 4.37. The minimum absolute atomic E-state index is 0.341. The van der Waals surface area contributed by atoms with Gasteiger partial charge in [0.15, 0.2) is 0 Å². The lowest BCUT2D eigenvalue weighted by Crippen LogP contribution is -2.20. The highest BCUT2D eigenvalue weighted by molar-refractivity contribution is 5.53. The number of aryl methyl sites for hydroxylation is 1. The first-order valence-corrected chi connectivity index (χ1v) is 8.82.